The van der Waals surface area contributed by atoms with E-state index in [-0.39, 0.29) is 11.6 Å². The molecular formula is C15H23NO3. The highest BCUT2D eigenvalue weighted by molar-refractivity contribution is 5.12. The van der Waals surface area contributed by atoms with Crippen LogP contribution in [0.5, 0.6) is 0 Å². The van der Waals surface area contributed by atoms with Crippen LogP contribution in [0.25, 0.3) is 0 Å². The number of aryl methyl sites for hydroxylation is 1. The van der Waals surface area contributed by atoms with Crippen LogP contribution < -0.4 is 5.73 Å². The molecular weight excluding hydrogens is 242 g/mol. The normalized spacial score (nSPS) is 32.8. The van der Waals surface area contributed by atoms with E-state index in [1.165, 1.54) is 0 Å². The van der Waals surface area contributed by atoms with Gasteiger partial charge < -0.3 is 19.6 Å². The van der Waals surface area contributed by atoms with Gasteiger partial charge in [0.25, 0.3) is 0 Å². The minimum absolute atomic E-state index is 0.0262. The van der Waals surface area contributed by atoms with Gasteiger partial charge in [0.05, 0.1) is 18.2 Å². The molecule has 0 amide bonds. The van der Waals surface area contributed by atoms with Gasteiger partial charge in [0.2, 0.25) is 0 Å². The Morgan fingerprint density at radius 1 is 1.42 bits per heavy atom. The van der Waals surface area contributed by atoms with Crippen LogP contribution in [0.3, 0.4) is 0 Å². The van der Waals surface area contributed by atoms with E-state index in [0.717, 1.165) is 50.4 Å². The third-order valence-corrected chi connectivity index (χ3v) is 4.47. The zero-order valence-electron chi connectivity index (χ0n) is 11.6. The van der Waals surface area contributed by atoms with E-state index in [4.69, 9.17) is 19.6 Å². The van der Waals surface area contributed by atoms with Crippen molar-refractivity contribution in [1.82, 2.24) is 0 Å². The molecule has 1 aromatic heterocycles. The molecule has 106 valence electrons. The molecule has 2 aliphatic heterocycles. The molecule has 3 atom stereocenters. The number of nitrogens with two attached hydrogens (primary N) is 1. The molecule has 3 unspecified atom stereocenters. The van der Waals surface area contributed by atoms with E-state index in [0.29, 0.717) is 12.5 Å². The molecule has 0 bridgehead atoms. The molecule has 2 saturated heterocycles. The molecule has 0 saturated carbocycles. The van der Waals surface area contributed by atoms with Crippen molar-refractivity contribution >= 4 is 0 Å². The predicted octanol–water partition coefficient (Wildman–Crippen LogP) is 2.43. The molecule has 0 aromatic carbocycles. The van der Waals surface area contributed by atoms with Crippen molar-refractivity contribution in [2.24, 2.45) is 11.7 Å². The third kappa shape index (κ3) is 2.57. The second kappa shape index (κ2) is 5.27. The van der Waals surface area contributed by atoms with E-state index >= 15 is 0 Å². The number of hydrogen-bond acceptors (Lipinski definition) is 4. The molecule has 19 heavy (non-hydrogen) atoms. The van der Waals surface area contributed by atoms with E-state index in [1.54, 1.807) is 0 Å². The summed E-state index contributed by atoms with van der Waals surface area (Å²) in [6.07, 6.45) is 3.90. The monoisotopic (exact) mass is 265 g/mol. The summed E-state index contributed by atoms with van der Waals surface area (Å²) < 4.78 is 17.3. The molecule has 0 radical (unpaired) electrons. The molecule has 2 fully saturated rings. The van der Waals surface area contributed by atoms with Crippen molar-refractivity contribution in [3.63, 3.8) is 0 Å². The second-order valence-corrected chi connectivity index (χ2v) is 5.77. The lowest BCUT2D eigenvalue weighted by atomic mass is 9.81. The van der Waals surface area contributed by atoms with Gasteiger partial charge in [0.1, 0.15) is 11.5 Å². The number of rotatable bonds is 3. The highest BCUT2D eigenvalue weighted by Crippen LogP contribution is 2.40. The van der Waals surface area contributed by atoms with Gasteiger partial charge in [-0.2, -0.15) is 0 Å². The predicted molar refractivity (Wildman–Crippen MR) is 71.9 cm³/mol. The maximum atomic E-state index is 6.40. The molecule has 2 N–H and O–H groups in total. The van der Waals surface area contributed by atoms with Gasteiger partial charge in [-0.05, 0) is 30.9 Å². The average Bonchev–Trinajstić information content (AvgIpc) is 3.07. The first-order valence-electron chi connectivity index (χ1n) is 7.28. The van der Waals surface area contributed by atoms with E-state index in [1.807, 2.05) is 12.1 Å². The summed E-state index contributed by atoms with van der Waals surface area (Å²) in [7, 11) is 0. The molecule has 0 aliphatic carbocycles. The van der Waals surface area contributed by atoms with E-state index < -0.39 is 0 Å². The minimum atomic E-state index is -0.0826. The molecule has 1 aromatic rings. The van der Waals surface area contributed by atoms with Gasteiger partial charge >= 0.3 is 0 Å². The summed E-state index contributed by atoms with van der Waals surface area (Å²) in [6.45, 7) is 4.40. The first-order chi connectivity index (χ1) is 9.22. The minimum Gasteiger partial charge on any atom is -0.464 e. The topological polar surface area (TPSA) is 57.6 Å². The van der Waals surface area contributed by atoms with Crippen LogP contribution in [0.2, 0.25) is 0 Å². The Hall–Kier alpha value is -0.840. The Bertz CT molecular complexity index is 423. The summed E-state index contributed by atoms with van der Waals surface area (Å²) in [5.74, 6) is 2.35. The SMILES string of the molecule is CCc1ccc(C(N)C2CCOC3(CCOC3)C2)o1. The van der Waals surface area contributed by atoms with Gasteiger partial charge in [0, 0.05) is 26.1 Å². The van der Waals surface area contributed by atoms with Gasteiger partial charge in [-0.3, -0.25) is 0 Å². The lowest BCUT2D eigenvalue weighted by Gasteiger charge is -2.38. The summed E-state index contributed by atoms with van der Waals surface area (Å²) >= 11 is 0. The molecule has 3 heterocycles. The maximum Gasteiger partial charge on any atom is 0.121 e. The average molecular weight is 265 g/mol. The Morgan fingerprint density at radius 2 is 2.32 bits per heavy atom. The molecule has 4 heteroatoms. The quantitative estimate of drug-likeness (QED) is 0.912. The fraction of sp³-hybridized carbons (Fsp3) is 0.733. The fourth-order valence-electron chi connectivity index (χ4n) is 3.23. The van der Waals surface area contributed by atoms with Crippen LogP contribution in [-0.2, 0) is 15.9 Å². The number of furan rings is 1. The van der Waals surface area contributed by atoms with Crippen LogP contribution in [0, 0.1) is 5.92 Å². The molecule has 1 spiro atoms. The third-order valence-electron chi connectivity index (χ3n) is 4.47. The Morgan fingerprint density at radius 3 is 3.00 bits per heavy atom. The standard InChI is InChI=1S/C15H23NO3/c1-2-12-3-4-13(19-12)14(16)11-5-7-18-15(9-11)6-8-17-10-15/h3-4,11,14H,2,5-10,16H2,1H3. The summed E-state index contributed by atoms with van der Waals surface area (Å²) in [6, 6.07) is 4.03. The lowest BCUT2D eigenvalue weighted by Crippen LogP contribution is -2.43. The molecule has 3 rings (SSSR count). The van der Waals surface area contributed by atoms with Crippen molar-refractivity contribution in [3.05, 3.63) is 23.7 Å². The van der Waals surface area contributed by atoms with Crippen molar-refractivity contribution in [2.45, 2.75) is 44.2 Å². The van der Waals surface area contributed by atoms with E-state index in [9.17, 15) is 0 Å². The van der Waals surface area contributed by atoms with Crippen LogP contribution >= 0.6 is 0 Å². The number of ether oxygens (including phenoxy) is 2. The summed E-state index contributed by atoms with van der Waals surface area (Å²) in [5.41, 5.74) is 6.32. The smallest absolute Gasteiger partial charge is 0.121 e. The van der Waals surface area contributed by atoms with Gasteiger partial charge in [-0.15, -0.1) is 0 Å². The fourth-order valence-corrected chi connectivity index (χ4v) is 3.23. The Labute approximate surface area is 114 Å². The maximum absolute atomic E-state index is 6.40. The van der Waals surface area contributed by atoms with Crippen molar-refractivity contribution in [2.75, 3.05) is 19.8 Å². The highest BCUT2D eigenvalue weighted by Gasteiger charge is 2.43. The second-order valence-electron chi connectivity index (χ2n) is 5.77. The zero-order chi connectivity index (χ0) is 13.3. The summed E-state index contributed by atoms with van der Waals surface area (Å²) in [5, 5.41) is 0. The van der Waals surface area contributed by atoms with Crippen LogP contribution in [0.1, 0.15) is 43.7 Å². The lowest BCUT2D eigenvalue weighted by molar-refractivity contribution is -0.102. The van der Waals surface area contributed by atoms with Crippen molar-refractivity contribution < 1.29 is 13.9 Å². The summed E-state index contributed by atoms with van der Waals surface area (Å²) in [4.78, 5) is 0. The van der Waals surface area contributed by atoms with E-state index in [2.05, 4.69) is 6.92 Å². The van der Waals surface area contributed by atoms with Gasteiger partial charge in [-0.25, -0.2) is 0 Å². The van der Waals surface area contributed by atoms with Crippen LogP contribution in [0.15, 0.2) is 16.5 Å². The van der Waals surface area contributed by atoms with Crippen LogP contribution in [0.4, 0.5) is 0 Å². The Balaban J connectivity index is 1.70. The first kappa shape index (κ1) is 13.2. The van der Waals surface area contributed by atoms with Gasteiger partial charge in [0.15, 0.2) is 0 Å². The Kier molecular flexibility index (Phi) is 3.65. The van der Waals surface area contributed by atoms with Gasteiger partial charge in [-0.1, -0.05) is 6.92 Å². The highest BCUT2D eigenvalue weighted by atomic mass is 16.6. The van der Waals surface area contributed by atoms with Crippen LogP contribution in [-0.4, -0.2) is 25.4 Å². The first-order valence-corrected chi connectivity index (χ1v) is 7.28. The number of hydrogen-bond donors (Lipinski definition) is 1. The van der Waals surface area contributed by atoms with Crippen molar-refractivity contribution in [1.29, 1.82) is 0 Å². The van der Waals surface area contributed by atoms with Crippen molar-refractivity contribution in [3.8, 4) is 0 Å². The molecule has 2 aliphatic rings. The zero-order valence-corrected chi connectivity index (χ0v) is 11.6. The molecule has 4 nitrogen and oxygen atoms in total. The largest absolute Gasteiger partial charge is 0.464 e.